The van der Waals surface area contributed by atoms with Crippen LogP contribution >= 0.6 is 0 Å². The molecule has 0 aromatic heterocycles. The van der Waals surface area contributed by atoms with Gasteiger partial charge in [0.15, 0.2) is 0 Å². The van der Waals surface area contributed by atoms with E-state index in [0.717, 1.165) is 31.9 Å². The Morgan fingerprint density at radius 1 is 1.42 bits per heavy atom. The second kappa shape index (κ2) is 7.51. The van der Waals surface area contributed by atoms with E-state index in [9.17, 15) is 0 Å². The zero-order valence-corrected chi connectivity index (χ0v) is 12.0. The molecular formula is C16H25NO2. The van der Waals surface area contributed by atoms with Crippen LogP contribution in [0.25, 0.3) is 0 Å². The number of benzene rings is 1. The summed E-state index contributed by atoms with van der Waals surface area (Å²) in [6.07, 6.45) is 3.53. The van der Waals surface area contributed by atoms with Crippen molar-refractivity contribution in [3.63, 3.8) is 0 Å². The molecule has 0 bridgehead atoms. The lowest BCUT2D eigenvalue weighted by Crippen LogP contribution is -2.31. The molecule has 0 saturated carbocycles. The van der Waals surface area contributed by atoms with Crippen molar-refractivity contribution in [3.05, 3.63) is 29.8 Å². The van der Waals surface area contributed by atoms with E-state index in [1.165, 1.54) is 18.4 Å². The van der Waals surface area contributed by atoms with Gasteiger partial charge in [0, 0.05) is 24.8 Å². The summed E-state index contributed by atoms with van der Waals surface area (Å²) in [6, 6.07) is 8.63. The summed E-state index contributed by atoms with van der Waals surface area (Å²) >= 11 is 0. The van der Waals surface area contributed by atoms with Crippen LogP contribution in [0.2, 0.25) is 0 Å². The molecule has 0 amide bonds. The van der Waals surface area contributed by atoms with Gasteiger partial charge < -0.3 is 14.8 Å². The maximum atomic E-state index is 5.53. The molecule has 1 aliphatic rings. The van der Waals surface area contributed by atoms with Gasteiger partial charge in [0.05, 0.1) is 13.7 Å². The number of hydrogen-bond donors (Lipinski definition) is 1. The fourth-order valence-electron chi connectivity index (χ4n) is 2.71. The van der Waals surface area contributed by atoms with Gasteiger partial charge in [0.1, 0.15) is 5.75 Å². The fourth-order valence-corrected chi connectivity index (χ4v) is 2.71. The first-order valence-electron chi connectivity index (χ1n) is 7.29. The molecule has 0 aliphatic carbocycles. The molecule has 106 valence electrons. The SMILES string of the molecule is CCC(NCC1CCCOC1)c1ccccc1OC. The van der Waals surface area contributed by atoms with Crippen LogP contribution in [0.3, 0.4) is 0 Å². The maximum Gasteiger partial charge on any atom is 0.123 e. The normalized spacial score (nSPS) is 21.1. The van der Waals surface area contributed by atoms with Crippen LogP contribution < -0.4 is 10.1 Å². The highest BCUT2D eigenvalue weighted by Gasteiger charge is 2.18. The molecule has 2 unspecified atom stereocenters. The first kappa shape index (κ1) is 14.4. The highest BCUT2D eigenvalue weighted by atomic mass is 16.5. The molecular weight excluding hydrogens is 238 g/mol. The summed E-state index contributed by atoms with van der Waals surface area (Å²) in [5, 5.41) is 3.67. The average Bonchev–Trinajstić information content (AvgIpc) is 2.49. The van der Waals surface area contributed by atoms with Gasteiger partial charge in [-0.25, -0.2) is 0 Å². The lowest BCUT2D eigenvalue weighted by Gasteiger charge is -2.26. The van der Waals surface area contributed by atoms with E-state index in [4.69, 9.17) is 9.47 Å². The molecule has 1 saturated heterocycles. The maximum absolute atomic E-state index is 5.53. The van der Waals surface area contributed by atoms with Crippen LogP contribution in [-0.4, -0.2) is 26.9 Å². The predicted molar refractivity (Wildman–Crippen MR) is 77.6 cm³/mol. The highest BCUT2D eigenvalue weighted by Crippen LogP contribution is 2.27. The first-order valence-corrected chi connectivity index (χ1v) is 7.29. The van der Waals surface area contributed by atoms with E-state index in [0.29, 0.717) is 12.0 Å². The summed E-state index contributed by atoms with van der Waals surface area (Å²) in [7, 11) is 1.74. The lowest BCUT2D eigenvalue weighted by atomic mass is 9.99. The number of ether oxygens (including phenoxy) is 2. The van der Waals surface area contributed by atoms with E-state index in [2.05, 4.69) is 24.4 Å². The molecule has 2 rings (SSSR count). The minimum absolute atomic E-state index is 0.359. The van der Waals surface area contributed by atoms with Crippen LogP contribution in [0.5, 0.6) is 5.75 Å². The Labute approximate surface area is 116 Å². The van der Waals surface area contributed by atoms with E-state index in [1.807, 2.05) is 12.1 Å². The fraction of sp³-hybridized carbons (Fsp3) is 0.625. The zero-order chi connectivity index (χ0) is 13.5. The quantitative estimate of drug-likeness (QED) is 0.855. The first-order chi connectivity index (χ1) is 9.35. The summed E-state index contributed by atoms with van der Waals surface area (Å²) in [5.41, 5.74) is 1.25. The van der Waals surface area contributed by atoms with E-state index in [-0.39, 0.29) is 0 Å². The molecule has 1 aromatic rings. The Bertz CT molecular complexity index is 375. The van der Waals surface area contributed by atoms with Crippen molar-refractivity contribution < 1.29 is 9.47 Å². The molecule has 0 spiro atoms. The molecule has 1 heterocycles. The van der Waals surface area contributed by atoms with Crippen molar-refractivity contribution >= 4 is 0 Å². The van der Waals surface area contributed by atoms with Crippen molar-refractivity contribution in [2.45, 2.75) is 32.2 Å². The Morgan fingerprint density at radius 3 is 2.95 bits per heavy atom. The van der Waals surface area contributed by atoms with Crippen molar-refractivity contribution in [1.29, 1.82) is 0 Å². The monoisotopic (exact) mass is 263 g/mol. The van der Waals surface area contributed by atoms with Gasteiger partial charge in [-0.1, -0.05) is 25.1 Å². The molecule has 3 nitrogen and oxygen atoms in total. The Hall–Kier alpha value is -1.06. The molecule has 2 atom stereocenters. The number of methoxy groups -OCH3 is 1. The van der Waals surface area contributed by atoms with Gasteiger partial charge in [-0.2, -0.15) is 0 Å². The second-order valence-electron chi connectivity index (χ2n) is 5.19. The van der Waals surface area contributed by atoms with Gasteiger partial charge in [-0.05, 0) is 31.2 Å². The van der Waals surface area contributed by atoms with Crippen molar-refractivity contribution in [3.8, 4) is 5.75 Å². The molecule has 1 N–H and O–H groups in total. The number of nitrogens with one attached hydrogen (secondary N) is 1. The Kier molecular flexibility index (Phi) is 5.67. The molecule has 3 heteroatoms. The van der Waals surface area contributed by atoms with Gasteiger partial charge in [-0.15, -0.1) is 0 Å². The predicted octanol–water partition coefficient (Wildman–Crippen LogP) is 3.16. The molecule has 1 aromatic carbocycles. The minimum Gasteiger partial charge on any atom is -0.496 e. The highest BCUT2D eigenvalue weighted by molar-refractivity contribution is 5.35. The third kappa shape index (κ3) is 3.95. The van der Waals surface area contributed by atoms with Crippen LogP contribution in [0, 0.1) is 5.92 Å². The smallest absolute Gasteiger partial charge is 0.123 e. The molecule has 1 aliphatic heterocycles. The minimum atomic E-state index is 0.359. The van der Waals surface area contributed by atoms with Crippen LogP contribution in [-0.2, 0) is 4.74 Å². The largest absolute Gasteiger partial charge is 0.496 e. The van der Waals surface area contributed by atoms with Gasteiger partial charge in [0.2, 0.25) is 0 Å². The third-order valence-corrected chi connectivity index (χ3v) is 3.83. The summed E-state index contributed by atoms with van der Waals surface area (Å²) in [5.74, 6) is 1.62. The van der Waals surface area contributed by atoms with Crippen molar-refractivity contribution in [1.82, 2.24) is 5.32 Å². The summed E-state index contributed by atoms with van der Waals surface area (Å²) in [6.45, 7) is 5.06. The standard InChI is InChI=1S/C16H25NO2/c1-3-15(14-8-4-5-9-16(14)18-2)17-11-13-7-6-10-19-12-13/h4-5,8-9,13,15,17H,3,6-7,10-12H2,1-2H3. The van der Waals surface area contributed by atoms with Crippen LogP contribution in [0.15, 0.2) is 24.3 Å². The average molecular weight is 263 g/mol. The number of rotatable bonds is 6. The second-order valence-corrected chi connectivity index (χ2v) is 5.19. The number of hydrogen-bond acceptors (Lipinski definition) is 3. The van der Waals surface area contributed by atoms with E-state index < -0.39 is 0 Å². The molecule has 0 radical (unpaired) electrons. The number of para-hydroxylation sites is 1. The van der Waals surface area contributed by atoms with E-state index in [1.54, 1.807) is 7.11 Å². The van der Waals surface area contributed by atoms with Crippen LogP contribution in [0.1, 0.15) is 37.8 Å². The Morgan fingerprint density at radius 2 is 2.26 bits per heavy atom. The summed E-state index contributed by atoms with van der Waals surface area (Å²) < 4.78 is 11.0. The Balaban J connectivity index is 1.95. The van der Waals surface area contributed by atoms with Crippen LogP contribution in [0.4, 0.5) is 0 Å². The van der Waals surface area contributed by atoms with Gasteiger partial charge in [0.25, 0.3) is 0 Å². The van der Waals surface area contributed by atoms with E-state index >= 15 is 0 Å². The topological polar surface area (TPSA) is 30.5 Å². The van der Waals surface area contributed by atoms with Gasteiger partial charge >= 0.3 is 0 Å². The molecule has 19 heavy (non-hydrogen) atoms. The summed E-state index contributed by atoms with van der Waals surface area (Å²) in [4.78, 5) is 0. The molecule has 1 fully saturated rings. The lowest BCUT2D eigenvalue weighted by molar-refractivity contribution is 0.0537. The zero-order valence-electron chi connectivity index (χ0n) is 12.0. The van der Waals surface area contributed by atoms with Gasteiger partial charge in [-0.3, -0.25) is 0 Å². The van der Waals surface area contributed by atoms with Crippen molar-refractivity contribution in [2.75, 3.05) is 26.9 Å². The third-order valence-electron chi connectivity index (χ3n) is 3.83. The van der Waals surface area contributed by atoms with Crippen molar-refractivity contribution in [2.24, 2.45) is 5.92 Å².